The highest BCUT2D eigenvalue weighted by atomic mass is 16.3. The van der Waals surface area contributed by atoms with Gasteiger partial charge in [0.2, 0.25) is 5.91 Å². The number of anilines is 1. The zero-order valence-corrected chi connectivity index (χ0v) is 15.8. The molecule has 1 aliphatic rings. The van der Waals surface area contributed by atoms with Crippen molar-refractivity contribution in [3.8, 4) is 0 Å². The van der Waals surface area contributed by atoms with Crippen molar-refractivity contribution >= 4 is 11.6 Å². The second-order valence-electron chi connectivity index (χ2n) is 7.25. The Balaban J connectivity index is 1.95. The number of rotatable bonds is 9. The summed E-state index contributed by atoms with van der Waals surface area (Å²) >= 11 is 0. The highest BCUT2D eigenvalue weighted by Gasteiger charge is 2.20. The molecule has 1 saturated heterocycles. The largest absolute Gasteiger partial charge is 0.393 e. The van der Waals surface area contributed by atoms with Crippen LogP contribution in [0.1, 0.15) is 64.4 Å². The van der Waals surface area contributed by atoms with Gasteiger partial charge in [0.15, 0.2) is 0 Å². The number of hydrogen-bond acceptors (Lipinski definition) is 3. The fraction of sp³-hybridized carbons (Fsp3) is 0.667. The van der Waals surface area contributed by atoms with E-state index in [9.17, 15) is 9.90 Å². The van der Waals surface area contributed by atoms with Crippen molar-refractivity contribution in [2.24, 2.45) is 5.92 Å². The summed E-state index contributed by atoms with van der Waals surface area (Å²) in [6.07, 6.45) is 6.89. The Morgan fingerprint density at radius 1 is 1.24 bits per heavy atom. The van der Waals surface area contributed by atoms with Crippen molar-refractivity contribution in [3.05, 3.63) is 29.8 Å². The quantitative estimate of drug-likeness (QED) is 0.659. The van der Waals surface area contributed by atoms with Gasteiger partial charge in [-0.05, 0) is 37.3 Å². The number of nitrogens with one attached hydrogen (secondary N) is 1. The summed E-state index contributed by atoms with van der Waals surface area (Å²) in [5.41, 5.74) is 2.10. The van der Waals surface area contributed by atoms with E-state index in [1.54, 1.807) is 0 Å². The van der Waals surface area contributed by atoms with Gasteiger partial charge < -0.3 is 10.4 Å². The van der Waals surface area contributed by atoms with Crippen molar-refractivity contribution in [1.82, 2.24) is 4.90 Å². The van der Waals surface area contributed by atoms with E-state index >= 15 is 0 Å². The van der Waals surface area contributed by atoms with E-state index in [-0.39, 0.29) is 17.9 Å². The Bertz CT molecular complexity index is 524. The van der Waals surface area contributed by atoms with Gasteiger partial charge in [-0.3, -0.25) is 9.69 Å². The number of piperidine rings is 1. The lowest BCUT2D eigenvalue weighted by Gasteiger charge is -2.30. The average molecular weight is 347 g/mol. The molecule has 1 aromatic rings. The van der Waals surface area contributed by atoms with Gasteiger partial charge in [-0.25, -0.2) is 0 Å². The minimum Gasteiger partial charge on any atom is -0.393 e. The molecule has 0 aromatic heterocycles. The van der Waals surface area contributed by atoms with Crippen LogP contribution in [0, 0.1) is 5.92 Å². The lowest BCUT2D eigenvalue weighted by atomic mass is 9.97. The fourth-order valence-electron chi connectivity index (χ4n) is 3.49. The summed E-state index contributed by atoms with van der Waals surface area (Å²) in [7, 11) is 0. The van der Waals surface area contributed by atoms with Crippen molar-refractivity contribution < 1.29 is 9.90 Å². The van der Waals surface area contributed by atoms with Gasteiger partial charge in [0.1, 0.15) is 0 Å². The summed E-state index contributed by atoms with van der Waals surface area (Å²) in [6.45, 7) is 6.95. The highest BCUT2D eigenvalue weighted by molar-refractivity contribution is 5.93. The van der Waals surface area contributed by atoms with Crippen molar-refractivity contribution in [2.45, 2.75) is 71.4 Å². The van der Waals surface area contributed by atoms with E-state index in [2.05, 4.69) is 30.1 Å². The first-order chi connectivity index (χ1) is 12.1. The molecule has 4 heteroatoms. The molecule has 0 spiro atoms. The van der Waals surface area contributed by atoms with Crippen LogP contribution < -0.4 is 5.32 Å². The molecule has 25 heavy (non-hydrogen) atoms. The molecule has 1 amide bonds. The molecule has 2 rings (SSSR count). The number of unbranched alkanes of at least 4 members (excludes halogenated alkanes) is 2. The van der Waals surface area contributed by atoms with Gasteiger partial charge in [-0.15, -0.1) is 0 Å². The van der Waals surface area contributed by atoms with E-state index in [4.69, 9.17) is 0 Å². The first-order valence-corrected chi connectivity index (χ1v) is 9.93. The summed E-state index contributed by atoms with van der Waals surface area (Å²) in [6, 6.07) is 8.11. The Morgan fingerprint density at radius 2 is 1.96 bits per heavy atom. The van der Waals surface area contributed by atoms with Crippen LogP contribution in [0.25, 0.3) is 0 Å². The van der Waals surface area contributed by atoms with Gasteiger partial charge >= 0.3 is 0 Å². The molecule has 2 N–H and O–H groups in total. The van der Waals surface area contributed by atoms with E-state index in [0.29, 0.717) is 0 Å². The van der Waals surface area contributed by atoms with Crippen molar-refractivity contribution in [1.29, 1.82) is 0 Å². The van der Waals surface area contributed by atoms with Crippen LogP contribution in [0.3, 0.4) is 0 Å². The molecule has 1 unspecified atom stereocenters. The molecular weight excluding hydrogens is 312 g/mol. The lowest BCUT2D eigenvalue weighted by molar-refractivity contribution is -0.120. The van der Waals surface area contributed by atoms with Crippen LogP contribution in [0.2, 0.25) is 0 Å². The molecule has 1 fully saturated rings. The van der Waals surface area contributed by atoms with Gasteiger partial charge in [0.05, 0.1) is 6.10 Å². The zero-order chi connectivity index (χ0) is 18.1. The Kier molecular flexibility index (Phi) is 8.42. The predicted octanol–water partition coefficient (Wildman–Crippen LogP) is 4.19. The summed E-state index contributed by atoms with van der Waals surface area (Å²) in [5, 5.41) is 12.8. The maximum atomic E-state index is 12.7. The summed E-state index contributed by atoms with van der Waals surface area (Å²) < 4.78 is 0. The van der Waals surface area contributed by atoms with Gasteiger partial charge in [0.25, 0.3) is 0 Å². The minimum absolute atomic E-state index is 0.102. The maximum Gasteiger partial charge on any atom is 0.227 e. The first kappa shape index (κ1) is 19.9. The number of carbonyl (C=O) groups is 1. The van der Waals surface area contributed by atoms with Crippen LogP contribution in [-0.2, 0) is 11.3 Å². The third-order valence-corrected chi connectivity index (χ3v) is 5.25. The third kappa shape index (κ3) is 6.44. The number of aliphatic hydroxyl groups is 1. The molecule has 1 aliphatic heterocycles. The number of carbonyl (C=O) groups excluding carboxylic acids is 1. The van der Waals surface area contributed by atoms with Crippen molar-refractivity contribution in [3.63, 3.8) is 0 Å². The Morgan fingerprint density at radius 3 is 2.64 bits per heavy atom. The third-order valence-electron chi connectivity index (χ3n) is 5.25. The first-order valence-electron chi connectivity index (χ1n) is 9.93. The second kappa shape index (κ2) is 10.6. The van der Waals surface area contributed by atoms with E-state index in [0.717, 1.165) is 63.0 Å². The maximum absolute atomic E-state index is 12.7. The Labute approximate surface area is 152 Å². The molecule has 0 bridgehead atoms. The average Bonchev–Trinajstić information content (AvgIpc) is 2.62. The van der Waals surface area contributed by atoms with E-state index in [1.807, 2.05) is 18.2 Å². The van der Waals surface area contributed by atoms with E-state index in [1.165, 1.54) is 12.8 Å². The molecule has 1 heterocycles. The monoisotopic (exact) mass is 346 g/mol. The van der Waals surface area contributed by atoms with E-state index < -0.39 is 0 Å². The van der Waals surface area contributed by atoms with Crippen LogP contribution in [0.5, 0.6) is 0 Å². The van der Waals surface area contributed by atoms with Crippen LogP contribution in [0.15, 0.2) is 24.3 Å². The fourth-order valence-corrected chi connectivity index (χ4v) is 3.49. The number of benzene rings is 1. The SMILES string of the molecule is CCCCCC(CC)C(=O)Nc1ccccc1CN1CCC(O)CC1. The topological polar surface area (TPSA) is 52.6 Å². The lowest BCUT2D eigenvalue weighted by Crippen LogP contribution is -2.35. The standard InChI is InChI=1S/C21H34N2O2/c1-3-5-6-9-17(4-2)21(25)22-20-11-8-7-10-18(20)16-23-14-12-19(24)13-15-23/h7-8,10-11,17,19,24H,3-6,9,12-16H2,1-2H3,(H,22,25). The predicted molar refractivity (Wildman–Crippen MR) is 104 cm³/mol. The number of para-hydroxylation sites is 1. The molecule has 0 aliphatic carbocycles. The van der Waals surface area contributed by atoms with Gasteiger partial charge in [0, 0.05) is 31.2 Å². The molecular formula is C21H34N2O2. The number of amides is 1. The highest BCUT2D eigenvalue weighted by Crippen LogP contribution is 2.22. The van der Waals surface area contributed by atoms with Crippen LogP contribution >= 0.6 is 0 Å². The summed E-state index contributed by atoms with van der Waals surface area (Å²) in [5.74, 6) is 0.254. The van der Waals surface area contributed by atoms with Gasteiger partial charge in [-0.1, -0.05) is 51.3 Å². The molecule has 1 aromatic carbocycles. The van der Waals surface area contributed by atoms with Crippen molar-refractivity contribution in [2.75, 3.05) is 18.4 Å². The smallest absolute Gasteiger partial charge is 0.227 e. The molecule has 0 saturated carbocycles. The van der Waals surface area contributed by atoms with Gasteiger partial charge in [-0.2, -0.15) is 0 Å². The molecule has 1 atom stereocenters. The molecule has 0 radical (unpaired) electrons. The van der Waals surface area contributed by atoms with Crippen LogP contribution in [0.4, 0.5) is 5.69 Å². The number of nitrogens with zero attached hydrogens (tertiary/aromatic N) is 1. The number of likely N-dealkylation sites (tertiary alicyclic amines) is 1. The second-order valence-corrected chi connectivity index (χ2v) is 7.25. The normalized spacial score (nSPS) is 17.4. The molecule has 4 nitrogen and oxygen atoms in total. The summed E-state index contributed by atoms with van der Waals surface area (Å²) in [4.78, 5) is 15.0. The van der Waals surface area contributed by atoms with Crippen LogP contribution in [-0.4, -0.2) is 35.1 Å². The minimum atomic E-state index is -0.153. The molecule has 140 valence electrons. The Hall–Kier alpha value is -1.39. The number of aliphatic hydroxyl groups excluding tert-OH is 1. The number of hydrogen-bond donors (Lipinski definition) is 2. The zero-order valence-electron chi connectivity index (χ0n) is 15.8.